The van der Waals surface area contributed by atoms with Gasteiger partial charge in [-0.05, 0) is 46.7 Å². The average Bonchev–Trinajstić information content (AvgIpc) is 2.89. The van der Waals surface area contributed by atoms with Crippen molar-refractivity contribution >= 4 is 50.9 Å². The molecule has 1 aromatic heterocycles. The predicted octanol–water partition coefficient (Wildman–Crippen LogP) is 2.64. The molecule has 2 heterocycles. The lowest BCUT2D eigenvalue weighted by molar-refractivity contribution is -0.145. The smallest absolute Gasteiger partial charge is 0.326 e. The standard InChI is InChI=1S/C12H10BrNO5S/c1-2-18-10(15)6-14-11(16)8(20-12(14)17)5-7-3-4-9(13)19-7/h3-5H,2,6H2,1H3/b8-5-. The minimum Gasteiger partial charge on any atom is -0.465 e. The second-order valence-corrected chi connectivity index (χ2v) is 5.49. The minimum atomic E-state index is -0.614. The van der Waals surface area contributed by atoms with Crippen LogP contribution in [0.3, 0.4) is 0 Å². The van der Waals surface area contributed by atoms with E-state index in [1.54, 1.807) is 19.1 Å². The second-order valence-electron chi connectivity index (χ2n) is 3.71. The van der Waals surface area contributed by atoms with Gasteiger partial charge in [-0.3, -0.25) is 19.3 Å². The van der Waals surface area contributed by atoms with Gasteiger partial charge in [-0.15, -0.1) is 0 Å². The summed E-state index contributed by atoms with van der Waals surface area (Å²) in [6.07, 6.45) is 1.46. The number of furan rings is 1. The molecule has 106 valence electrons. The number of esters is 1. The number of halogens is 1. The van der Waals surface area contributed by atoms with E-state index in [-0.39, 0.29) is 18.1 Å². The van der Waals surface area contributed by atoms with Crippen molar-refractivity contribution in [2.75, 3.05) is 13.2 Å². The fraction of sp³-hybridized carbons (Fsp3) is 0.250. The normalized spacial score (nSPS) is 17.1. The Balaban J connectivity index is 2.12. The molecule has 0 radical (unpaired) electrons. The van der Waals surface area contributed by atoms with Gasteiger partial charge in [0.1, 0.15) is 12.3 Å². The van der Waals surface area contributed by atoms with Crippen molar-refractivity contribution in [3.63, 3.8) is 0 Å². The van der Waals surface area contributed by atoms with Gasteiger partial charge in [-0.1, -0.05) is 0 Å². The van der Waals surface area contributed by atoms with Gasteiger partial charge in [0.05, 0.1) is 11.5 Å². The summed E-state index contributed by atoms with van der Waals surface area (Å²) in [5.41, 5.74) is 0. The molecule has 8 heteroatoms. The van der Waals surface area contributed by atoms with Crippen LogP contribution in [-0.4, -0.2) is 35.2 Å². The second kappa shape index (κ2) is 6.27. The van der Waals surface area contributed by atoms with Gasteiger partial charge in [0.15, 0.2) is 4.67 Å². The van der Waals surface area contributed by atoms with Crippen molar-refractivity contribution in [1.29, 1.82) is 0 Å². The fourth-order valence-corrected chi connectivity index (χ4v) is 2.64. The zero-order valence-corrected chi connectivity index (χ0v) is 12.8. The molecule has 1 aromatic rings. The van der Waals surface area contributed by atoms with Crippen molar-refractivity contribution in [2.24, 2.45) is 0 Å². The highest BCUT2D eigenvalue weighted by Gasteiger charge is 2.36. The van der Waals surface area contributed by atoms with E-state index in [1.165, 1.54) is 6.08 Å². The van der Waals surface area contributed by atoms with Crippen molar-refractivity contribution in [3.8, 4) is 0 Å². The fourth-order valence-electron chi connectivity index (χ4n) is 1.51. The molecule has 0 N–H and O–H groups in total. The van der Waals surface area contributed by atoms with E-state index >= 15 is 0 Å². The quantitative estimate of drug-likeness (QED) is 0.607. The van der Waals surface area contributed by atoms with Crippen LogP contribution >= 0.6 is 27.7 Å². The predicted molar refractivity (Wildman–Crippen MR) is 75.7 cm³/mol. The highest BCUT2D eigenvalue weighted by atomic mass is 79.9. The highest BCUT2D eigenvalue weighted by Crippen LogP contribution is 2.32. The summed E-state index contributed by atoms with van der Waals surface area (Å²) in [5, 5.41) is -0.500. The molecule has 0 saturated carbocycles. The minimum absolute atomic E-state index is 0.200. The molecule has 1 aliphatic heterocycles. The van der Waals surface area contributed by atoms with E-state index < -0.39 is 17.1 Å². The summed E-state index contributed by atoms with van der Waals surface area (Å²) >= 11 is 3.91. The number of hydrogen-bond acceptors (Lipinski definition) is 6. The molecule has 1 saturated heterocycles. The van der Waals surface area contributed by atoms with Crippen LogP contribution < -0.4 is 0 Å². The monoisotopic (exact) mass is 359 g/mol. The van der Waals surface area contributed by atoms with Crippen molar-refractivity contribution < 1.29 is 23.5 Å². The SMILES string of the molecule is CCOC(=O)CN1C(=O)S/C(=C\c2ccc(Br)o2)C1=O. The number of carbonyl (C=O) groups is 3. The van der Waals surface area contributed by atoms with Crippen molar-refractivity contribution in [3.05, 3.63) is 27.5 Å². The molecule has 2 amide bonds. The Labute approximate surface area is 127 Å². The van der Waals surface area contributed by atoms with Crippen LogP contribution in [0.25, 0.3) is 6.08 Å². The average molecular weight is 360 g/mol. The summed E-state index contributed by atoms with van der Waals surface area (Å²) in [6, 6.07) is 3.33. The van der Waals surface area contributed by atoms with Crippen LogP contribution in [0, 0.1) is 0 Å². The molecular formula is C12H10BrNO5S. The Kier molecular flexibility index (Phi) is 4.66. The molecule has 1 fully saturated rings. The van der Waals surface area contributed by atoms with Crippen molar-refractivity contribution in [1.82, 2.24) is 4.90 Å². The van der Waals surface area contributed by atoms with Gasteiger partial charge in [0.2, 0.25) is 0 Å². The molecule has 6 nitrogen and oxygen atoms in total. The molecular weight excluding hydrogens is 350 g/mol. The Morgan fingerprint density at radius 3 is 2.85 bits per heavy atom. The number of nitrogens with zero attached hydrogens (tertiary/aromatic N) is 1. The van der Waals surface area contributed by atoms with Gasteiger partial charge >= 0.3 is 5.97 Å². The summed E-state index contributed by atoms with van der Waals surface area (Å²) in [5.74, 6) is -0.698. The Morgan fingerprint density at radius 1 is 1.50 bits per heavy atom. The number of ether oxygens (including phenoxy) is 1. The molecule has 1 aliphatic rings. The van der Waals surface area contributed by atoms with Crippen LogP contribution in [0.4, 0.5) is 4.79 Å². The lowest BCUT2D eigenvalue weighted by Gasteiger charge is -2.10. The zero-order chi connectivity index (χ0) is 14.7. The zero-order valence-electron chi connectivity index (χ0n) is 10.4. The Morgan fingerprint density at radius 2 is 2.25 bits per heavy atom. The number of imide groups is 1. The van der Waals surface area contributed by atoms with E-state index in [4.69, 9.17) is 9.15 Å². The topological polar surface area (TPSA) is 76.8 Å². The molecule has 0 aromatic carbocycles. The molecule has 0 atom stereocenters. The number of amides is 2. The van der Waals surface area contributed by atoms with Gasteiger partial charge in [-0.2, -0.15) is 0 Å². The van der Waals surface area contributed by atoms with E-state index in [1.807, 2.05) is 0 Å². The Hall–Kier alpha value is -1.54. The molecule has 2 rings (SSSR count). The molecule has 20 heavy (non-hydrogen) atoms. The highest BCUT2D eigenvalue weighted by molar-refractivity contribution is 9.10. The lowest BCUT2D eigenvalue weighted by Crippen LogP contribution is -2.34. The van der Waals surface area contributed by atoms with Crippen LogP contribution in [-0.2, 0) is 14.3 Å². The van der Waals surface area contributed by atoms with Gasteiger partial charge in [0.25, 0.3) is 11.1 Å². The van der Waals surface area contributed by atoms with Gasteiger partial charge < -0.3 is 9.15 Å². The first-order chi connectivity index (χ1) is 9.51. The molecule has 0 unspecified atom stereocenters. The summed E-state index contributed by atoms with van der Waals surface area (Å²) < 4.78 is 10.5. The number of carbonyl (C=O) groups excluding carboxylic acids is 3. The van der Waals surface area contributed by atoms with Crippen LogP contribution in [0.5, 0.6) is 0 Å². The maximum atomic E-state index is 12.0. The third-order valence-electron chi connectivity index (χ3n) is 2.33. The van der Waals surface area contributed by atoms with Crippen LogP contribution in [0.2, 0.25) is 0 Å². The third kappa shape index (κ3) is 3.31. The molecule has 0 bridgehead atoms. The number of rotatable bonds is 4. The van der Waals surface area contributed by atoms with E-state index in [9.17, 15) is 14.4 Å². The summed E-state index contributed by atoms with van der Waals surface area (Å²) in [4.78, 5) is 36.1. The van der Waals surface area contributed by atoms with E-state index in [0.29, 0.717) is 10.4 Å². The Bertz CT molecular complexity index is 594. The van der Waals surface area contributed by atoms with Crippen LogP contribution in [0.1, 0.15) is 12.7 Å². The summed E-state index contributed by atoms with van der Waals surface area (Å²) in [7, 11) is 0. The van der Waals surface area contributed by atoms with E-state index in [0.717, 1.165) is 16.7 Å². The summed E-state index contributed by atoms with van der Waals surface area (Å²) in [6.45, 7) is 1.48. The maximum Gasteiger partial charge on any atom is 0.326 e. The van der Waals surface area contributed by atoms with Gasteiger partial charge in [0, 0.05) is 6.08 Å². The van der Waals surface area contributed by atoms with Crippen LogP contribution in [0.15, 0.2) is 26.1 Å². The largest absolute Gasteiger partial charge is 0.465 e. The molecule has 0 spiro atoms. The number of thioether (sulfide) groups is 1. The number of hydrogen-bond donors (Lipinski definition) is 0. The first-order valence-electron chi connectivity index (χ1n) is 5.67. The molecule has 0 aliphatic carbocycles. The van der Waals surface area contributed by atoms with Gasteiger partial charge in [-0.25, -0.2) is 0 Å². The third-order valence-corrected chi connectivity index (χ3v) is 3.67. The maximum absolute atomic E-state index is 12.0. The van der Waals surface area contributed by atoms with E-state index in [2.05, 4.69) is 15.9 Å². The first kappa shape index (κ1) is 14.9. The first-order valence-corrected chi connectivity index (χ1v) is 7.28. The lowest BCUT2D eigenvalue weighted by atomic mass is 10.3. The van der Waals surface area contributed by atoms with Crippen molar-refractivity contribution in [2.45, 2.75) is 6.92 Å².